The molecule has 15 heavy (non-hydrogen) atoms. The van der Waals surface area contributed by atoms with Crippen molar-refractivity contribution in [2.75, 3.05) is 7.11 Å². The highest BCUT2D eigenvalue weighted by molar-refractivity contribution is 5.72. The summed E-state index contributed by atoms with van der Waals surface area (Å²) in [6.45, 7) is 9.14. The quantitative estimate of drug-likeness (QED) is 0.717. The number of carbonyl (C=O) groups excluding carboxylic acids is 1. The summed E-state index contributed by atoms with van der Waals surface area (Å²) in [6, 6.07) is 10.3. The Bertz CT molecular complexity index is 201. The van der Waals surface area contributed by atoms with Gasteiger partial charge in [0.25, 0.3) is 0 Å². The molecule has 0 aliphatic carbocycles. The fraction of sp³-hybridized carbons (Fsp3) is 0.462. The molecule has 1 rings (SSSR count). The zero-order valence-corrected chi connectivity index (χ0v) is 10.7. The Labute approximate surface area is 94.0 Å². The molecule has 0 aliphatic rings. The molecule has 88 valence electrons. The molecule has 2 nitrogen and oxygen atoms in total. The van der Waals surface area contributed by atoms with Crippen LogP contribution in [0.25, 0.3) is 0 Å². The predicted molar refractivity (Wildman–Crippen MR) is 67.0 cm³/mol. The lowest BCUT2D eigenvalue weighted by Crippen LogP contribution is -1.69. The van der Waals surface area contributed by atoms with Crippen LogP contribution in [-0.4, -0.2) is 18.0 Å². The topological polar surface area (TPSA) is 37.3 Å². The smallest absolute Gasteiger partial charge is 0.126 e. The second-order valence-electron chi connectivity index (χ2n) is 2.56. The summed E-state index contributed by atoms with van der Waals surface area (Å²) in [7, 11) is 1.00. The van der Waals surface area contributed by atoms with Gasteiger partial charge in [-0.2, -0.15) is 0 Å². The number of rotatable bonds is 0. The maximum absolute atomic E-state index is 9.44. The van der Waals surface area contributed by atoms with Gasteiger partial charge in [-0.25, -0.2) is 0 Å². The lowest BCUT2D eigenvalue weighted by atomic mass is 10.2. The van der Waals surface area contributed by atoms with Crippen LogP contribution < -0.4 is 0 Å². The van der Waals surface area contributed by atoms with Crippen LogP contribution in [0.3, 0.4) is 0 Å². The Morgan fingerprint density at radius 1 is 1.00 bits per heavy atom. The van der Waals surface area contributed by atoms with Crippen LogP contribution in [0.15, 0.2) is 30.3 Å². The van der Waals surface area contributed by atoms with Crippen molar-refractivity contribution in [3.63, 3.8) is 0 Å². The van der Waals surface area contributed by atoms with Crippen molar-refractivity contribution >= 4 is 5.78 Å². The molecule has 1 aromatic carbocycles. The van der Waals surface area contributed by atoms with E-state index in [1.54, 1.807) is 0 Å². The van der Waals surface area contributed by atoms with Gasteiger partial charge in [0, 0.05) is 7.11 Å². The Balaban J connectivity index is -0.000000156. The van der Waals surface area contributed by atoms with Gasteiger partial charge in [0.15, 0.2) is 0 Å². The van der Waals surface area contributed by atoms with Gasteiger partial charge in [0.05, 0.1) is 0 Å². The summed E-state index contributed by atoms with van der Waals surface area (Å²) in [4.78, 5) is 9.44. The number of aryl methyl sites for hydroxylation is 1. The van der Waals surface area contributed by atoms with Crippen LogP contribution in [0.4, 0.5) is 0 Å². The van der Waals surface area contributed by atoms with E-state index in [1.807, 2.05) is 32.0 Å². The van der Waals surface area contributed by atoms with E-state index < -0.39 is 0 Å². The number of hydrogen-bond acceptors (Lipinski definition) is 2. The molecule has 0 atom stereocenters. The van der Waals surface area contributed by atoms with E-state index in [0.29, 0.717) is 0 Å². The lowest BCUT2D eigenvalue weighted by molar-refractivity contribution is -0.114. The van der Waals surface area contributed by atoms with Crippen molar-refractivity contribution in [2.45, 2.75) is 34.6 Å². The Morgan fingerprint density at radius 2 is 1.27 bits per heavy atom. The van der Waals surface area contributed by atoms with Crippen molar-refractivity contribution in [1.29, 1.82) is 0 Å². The average molecular weight is 212 g/mol. The number of aliphatic hydroxyl groups excluding tert-OH is 1. The molecule has 0 spiro atoms. The normalized spacial score (nSPS) is 6.60. The van der Waals surface area contributed by atoms with Gasteiger partial charge in [-0.3, -0.25) is 0 Å². The van der Waals surface area contributed by atoms with E-state index in [2.05, 4.69) is 19.1 Å². The first-order valence-corrected chi connectivity index (χ1v) is 5.06. The molecule has 0 aromatic heterocycles. The molecule has 0 bridgehead atoms. The highest BCUT2D eigenvalue weighted by Gasteiger charge is 1.72. The van der Waals surface area contributed by atoms with Crippen LogP contribution in [0, 0.1) is 6.92 Å². The number of ketones is 1. The first-order valence-electron chi connectivity index (χ1n) is 5.06. The molecular formula is C13H24O2. The van der Waals surface area contributed by atoms with E-state index >= 15 is 0 Å². The Hall–Kier alpha value is -1.15. The maximum Gasteiger partial charge on any atom is 0.126 e. The van der Waals surface area contributed by atoms with Crippen LogP contribution in [0.1, 0.15) is 33.3 Å². The largest absolute Gasteiger partial charge is 0.400 e. The fourth-order valence-electron chi connectivity index (χ4n) is 0.534. The summed E-state index contributed by atoms with van der Waals surface area (Å²) >= 11 is 0. The second-order valence-corrected chi connectivity index (χ2v) is 2.56. The molecule has 0 radical (unpaired) electrons. The minimum Gasteiger partial charge on any atom is -0.400 e. The van der Waals surface area contributed by atoms with Gasteiger partial charge in [-0.15, -0.1) is 0 Å². The van der Waals surface area contributed by atoms with Crippen molar-refractivity contribution in [2.24, 2.45) is 0 Å². The molecule has 1 N–H and O–H groups in total. The number of aliphatic hydroxyl groups is 1. The Morgan fingerprint density at radius 3 is 1.40 bits per heavy atom. The Kier molecular flexibility index (Phi) is 24.1. The lowest BCUT2D eigenvalue weighted by Gasteiger charge is -1.82. The van der Waals surface area contributed by atoms with Crippen LogP contribution in [-0.2, 0) is 4.79 Å². The van der Waals surface area contributed by atoms with Gasteiger partial charge in [-0.05, 0) is 20.8 Å². The van der Waals surface area contributed by atoms with Crippen LogP contribution in [0.5, 0.6) is 0 Å². The van der Waals surface area contributed by atoms with Crippen LogP contribution >= 0.6 is 0 Å². The second kappa shape index (κ2) is 18.6. The first kappa shape index (κ1) is 19.4. The highest BCUT2D eigenvalue weighted by atomic mass is 16.2. The van der Waals surface area contributed by atoms with E-state index in [9.17, 15) is 4.79 Å². The van der Waals surface area contributed by atoms with Crippen molar-refractivity contribution < 1.29 is 9.90 Å². The molecule has 0 fully saturated rings. The number of benzene rings is 1. The average Bonchev–Trinajstić information content (AvgIpc) is 2.24. The molecule has 0 heterocycles. The summed E-state index contributed by atoms with van der Waals surface area (Å²) < 4.78 is 0. The summed E-state index contributed by atoms with van der Waals surface area (Å²) in [5, 5.41) is 7.00. The van der Waals surface area contributed by atoms with Crippen LogP contribution in [0.2, 0.25) is 0 Å². The number of Topliss-reactive ketones (excluding diaryl/α,β-unsaturated/α-hetero) is 1. The molecule has 0 aliphatic heterocycles. The zero-order chi connectivity index (χ0) is 12.7. The molecule has 0 saturated heterocycles. The molecule has 0 amide bonds. The molecule has 0 unspecified atom stereocenters. The number of carbonyl (C=O) groups is 1. The minimum atomic E-state index is 0.167. The predicted octanol–water partition coefficient (Wildman–Crippen LogP) is 3.23. The van der Waals surface area contributed by atoms with E-state index in [4.69, 9.17) is 5.11 Å². The SMILES string of the molecule is CC.CC(C)=O.CO.Cc1ccccc1. The van der Waals surface area contributed by atoms with Gasteiger partial charge in [0.1, 0.15) is 5.78 Å². The molecular weight excluding hydrogens is 188 g/mol. The molecule has 1 aromatic rings. The van der Waals surface area contributed by atoms with Crippen molar-refractivity contribution in [3.8, 4) is 0 Å². The maximum atomic E-state index is 9.44. The fourth-order valence-corrected chi connectivity index (χ4v) is 0.534. The van der Waals surface area contributed by atoms with Crippen molar-refractivity contribution in [1.82, 2.24) is 0 Å². The monoisotopic (exact) mass is 212 g/mol. The van der Waals surface area contributed by atoms with E-state index in [0.717, 1.165) is 7.11 Å². The van der Waals surface area contributed by atoms with E-state index in [-0.39, 0.29) is 5.78 Å². The standard InChI is InChI=1S/C7H8.C3H6O.C2H6.CH4O/c1-7-5-3-2-4-6-7;1-3(2)4;2*1-2/h2-6H,1H3;1-2H3;1-2H3;2H,1H3. The van der Waals surface area contributed by atoms with E-state index in [1.165, 1.54) is 19.4 Å². The third-order valence-corrected chi connectivity index (χ3v) is 0.940. The molecule has 2 heteroatoms. The summed E-state index contributed by atoms with van der Waals surface area (Å²) in [5.74, 6) is 0.167. The highest BCUT2D eigenvalue weighted by Crippen LogP contribution is 1.92. The first-order chi connectivity index (χ1) is 7.13. The van der Waals surface area contributed by atoms with Gasteiger partial charge < -0.3 is 9.90 Å². The third kappa shape index (κ3) is 32.2. The summed E-state index contributed by atoms with van der Waals surface area (Å²) in [5.41, 5.74) is 1.32. The van der Waals surface area contributed by atoms with Gasteiger partial charge in [-0.1, -0.05) is 49.7 Å². The minimum absolute atomic E-state index is 0.167. The van der Waals surface area contributed by atoms with Gasteiger partial charge >= 0.3 is 0 Å². The summed E-state index contributed by atoms with van der Waals surface area (Å²) in [6.07, 6.45) is 0. The number of hydrogen-bond donors (Lipinski definition) is 1. The van der Waals surface area contributed by atoms with Crippen molar-refractivity contribution in [3.05, 3.63) is 35.9 Å². The third-order valence-electron chi connectivity index (χ3n) is 0.940. The zero-order valence-electron chi connectivity index (χ0n) is 10.7. The van der Waals surface area contributed by atoms with Gasteiger partial charge in [0.2, 0.25) is 0 Å². The molecule has 0 saturated carbocycles.